The van der Waals surface area contributed by atoms with Gasteiger partial charge in [-0.25, -0.2) is 4.79 Å². The molecule has 1 fully saturated rings. The second-order valence-electron chi connectivity index (χ2n) is 7.18. The van der Waals surface area contributed by atoms with E-state index in [4.69, 9.17) is 26.8 Å². The van der Waals surface area contributed by atoms with Gasteiger partial charge in [-0.1, -0.05) is 31.2 Å². The molecule has 3 rings (SSSR count). The molecule has 2 aromatic rings. The smallest absolute Gasteiger partial charge is 0.344 e. The molecular formula is C24H24N2O6S. The number of para-hydroxylation sites is 1. The number of aliphatic carboxylic acids is 1. The predicted molar refractivity (Wildman–Crippen MR) is 127 cm³/mol. The molecule has 33 heavy (non-hydrogen) atoms. The van der Waals surface area contributed by atoms with E-state index in [1.807, 2.05) is 19.1 Å². The third-order valence-electron chi connectivity index (χ3n) is 4.95. The minimum Gasteiger partial charge on any atom is -0.490 e. The first-order chi connectivity index (χ1) is 15.8. The quantitative estimate of drug-likeness (QED) is 0.348. The Morgan fingerprint density at radius 3 is 2.58 bits per heavy atom. The van der Waals surface area contributed by atoms with Crippen molar-refractivity contribution in [2.75, 3.05) is 11.5 Å². The molecule has 9 heteroatoms. The van der Waals surface area contributed by atoms with E-state index >= 15 is 0 Å². The lowest BCUT2D eigenvalue weighted by Crippen LogP contribution is -2.54. The zero-order valence-electron chi connectivity index (χ0n) is 18.5. The Kier molecular flexibility index (Phi) is 7.44. The van der Waals surface area contributed by atoms with Crippen LogP contribution < -0.4 is 19.7 Å². The number of anilines is 1. The number of aryl methyl sites for hydroxylation is 1. The van der Waals surface area contributed by atoms with Crippen LogP contribution in [0.15, 0.2) is 48.0 Å². The topological polar surface area (TPSA) is 105 Å². The first-order valence-electron chi connectivity index (χ1n) is 10.4. The maximum absolute atomic E-state index is 13.3. The normalized spacial score (nSPS) is 15.9. The molecule has 1 unspecified atom stereocenters. The fourth-order valence-electron chi connectivity index (χ4n) is 3.29. The number of hydrogen-bond acceptors (Lipinski definition) is 6. The van der Waals surface area contributed by atoms with Gasteiger partial charge < -0.3 is 14.6 Å². The zero-order valence-corrected chi connectivity index (χ0v) is 19.3. The Morgan fingerprint density at radius 1 is 1.18 bits per heavy atom. The average molecular weight is 469 g/mol. The second kappa shape index (κ2) is 10.3. The highest BCUT2D eigenvalue weighted by Gasteiger charge is 2.35. The van der Waals surface area contributed by atoms with E-state index in [-0.39, 0.29) is 16.4 Å². The van der Waals surface area contributed by atoms with E-state index in [0.717, 1.165) is 5.56 Å². The van der Waals surface area contributed by atoms with Gasteiger partial charge in [0.25, 0.3) is 11.8 Å². The number of hydrogen-bond donors (Lipinski definition) is 2. The lowest BCUT2D eigenvalue weighted by atomic mass is 10.0. The van der Waals surface area contributed by atoms with E-state index in [2.05, 4.69) is 5.32 Å². The van der Waals surface area contributed by atoms with Crippen molar-refractivity contribution < 1.29 is 29.0 Å². The molecule has 0 spiro atoms. The molecule has 2 N–H and O–H groups in total. The number of carboxylic acids is 1. The summed E-state index contributed by atoms with van der Waals surface area (Å²) in [5.41, 5.74) is 1.94. The van der Waals surface area contributed by atoms with Gasteiger partial charge in [-0.3, -0.25) is 19.8 Å². The van der Waals surface area contributed by atoms with E-state index in [1.165, 1.54) is 24.0 Å². The van der Waals surface area contributed by atoms with Crippen LogP contribution in [0.2, 0.25) is 0 Å². The molecular weight excluding hydrogens is 444 g/mol. The highest BCUT2D eigenvalue weighted by molar-refractivity contribution is 7.80. The minimum absolute atomic E-state index is 0.0180. The van der Waals surface area contributed by atoms with Crippen LogP contribution >= 0.6 is 12.2 Å². The molecule has 1 aliphatic rings. The largest absolute Gasteiger partial charge is 0.490 e. The Balaban J connectivity index is 1.99. The van der Waals surface area contributed by atoms with E-state index in [1.54, 1.807) is 31.2 Å². The molecule has 1 aliphatic heterocycles. The Hall–Kier alpha value is -3.72. The van der Waals surface area contributed by atoms with Gasteiger partial charge in [-0.05, 0) is 67.9 Å². The zero-order chi connectivity index (χ0) is 24.1. The van der Waals surface area contributed by atoms with Crippen molar-refractivity contribution in [1.29, 1.82) is 0 Å². The molecule has 0 saturated carbocycles. The lowest BCUT2D eigenvalue weighted by Gasteiger charge is -2.30. The third kappa shape index (κ3) is 5.20. The number of amides is 2. The number of carbonyl (C=O) groups is 3. The number of nitrogens with zero attached hydrogens (tertiary/aromatic N) is 1. The van der Waals surface area contributed by atoms with E-state index < -0.39 is 23.9 Å². The molecule has 1 heterocycles. The van der Waals surface area contributed by atoms with E-state index in [0.29, 0.717) is 30.0 Å². The van der Waals surface area contributed by atoms with Gasteiger partial charge in [0.05, 0.1) is 12.3 Å². The SMILES string of the molecule is CCOc1cc(/C=C2/C(=O)NC(=S)N(c3ccccc3CC)C2=O)ccc1OC(C)C(=O)O. The minimum atomic E-state index is -1.11. The lowest BCUT2D eigenvalue weighted by molar-refractivity contribution is -0.144. The van der Waals surface area contributed by atoms with Crippen molar-refractivity contribution in [3.8, 4) is 11.5 Å². The van der Waals surface area contributed by atoms with Crippen LogP contribution in [-0.4, -0.2) is 40.7 Å². The summed E-state index contributed by atoms with van der Waals surface area (Å²) in [6.07, 6.45) is 1.05. The summed E-state index contributed by atoms with van der Waals surface area (Å²) in [6.45, 7) is 5.46. The van der Waals surface area contributed by atoms with Gasteiger partial charge >= 0.3 is 5.97 Å². The number of carboxylic acid groups (broad SMARTS) is 1. The molecule has 0 aromatic heterocycles. The molecule has 172 valence electrons. The molecule has 2 amide bonds. The number of nitrogens with one attached hydrogen (secondary N) is 1. The van der Waals surface area contributed by atoms with Gasteiger partial charge in [0.2, 0.25) is 0 Å². The van der Waals surface area contributed by atoms with Gasteiger partial charge in [0, 0.05) is 0 Å². The van der Waals surface area contributed by atoms with Crippen LogP contribution in [0.25, 0.3) is 6.08 Å². The highest BCUT2D eigenvalue weighted by Crippen LogP contribution is 2.31. The summed E-state index contributed by atoms with van der Waals surface area (Å²) in [4.78, 5) is 38.4. The van der Waals surface area contributed by atoms with Crippen molar-refractivity contribution in [1.82, 2.24) is 5.32 Å². The molecule has 2 aromatic carbocycles. The van der Waals surface area contributed by atoms with Crippen molar-refractivity contribution in [2.24, 2.45) is 0 Å². The Labute approximate surface area is 196 Å². The number of thiocarbonyl (C=S) groups is 1. The van der Waals surface area contributed by atoms with E-state index in [9.17, 15) is 14.4 Å². The molecule has 8 nitrogen and oxygen atoms in total. The van der Waals surface area contributed by atoms with Gasteiger partial charge in [-0.15, -0.1) is 0 Å². The molecule has 0 radical (unpaired) electrons. The monoisotopic (exact) mass is 468 g/mol. The standard InChI is InChI=1S/C24H24N2O6S/c1-4-16-8-6-7-9-18(16)26-22(28)17(21(27)25-24(26)33)12-15-10-11-19(20(13-15)31-5-2)32-14(3)23(29)30/h6-14H,4-5H2,1-3H3,(H,29,30)(H,25,27,33)/b17-12-. The van der Waals surface area contributed by atoms with Crippen molar-refractivity contribution in [3.63, 3.8) is 0 Å². The number of ether oxygens (including phenoxy) is 2. The molecule has 0 aliphatic carbocycles. The number of benzene rings is 2. The summed E-state index contributed by atoms with van der Waals surface area (Å²) in [6, 6.07) is 12.1. The Bertz CT molecular complexity index is 1140. The van der Waals surface area contributed by atoms with Crippen LogP contribution in [0.4, 0.5) is 5.69 Å². The highest BCUT2D eigenvalue weighted by atomic mass is 32.1. The predicted octanol–water partition coefficient (Wildman–Crippen LogP) is 3.33. The first kappa shape index (κ1) is 23.9. The Morgan fingerprint density at radius 2 is 1.91 bits per heavy atom. The third-order valence-corrected chi connectivity index (χ3v) is 5.23. The van der Waals surface area contributed by atoms with Crippen molar-refractivity contribution in [3.05, 3.63) is 59.2 Å². The summed E-state index contributed by atoms with van der Waals surface area (Å²) < 4.78 is 11.0. The summed E-state index contributed by atoms with van der Waals surface area (Å²) >= 11 is 5.28. The summed E-state index contributed by atoms with van der Waals surface area (Å²) in [5, 5.41) is 11.7. The van der Waals surface area contributed by atoms with Gasteiger partial charge in [0.1, 0.15) is 5.57 Å². The van der Waals surface area contributed by atoms with Gasteiger partial charge in [-0.2, -0.15) is 0 Å². The van der Waals surface area contributed by atoms with Crippen molar-refractivity contribution >= 4 is 46.9 Å². The summed E-state index contributed by atoms with van der Waals surface area (Å²) in [5.74, 6) is -1.72. The van der Waals surface area contributed by atoms with Crippen LogP contribution in [0.5, 0.6) is 11.5 Å². The molecule has 0 bridgehead atoms. The van der Waals surface area contributed by atoms with Crippen LogP contribution in [0.3, 0.4) is 0 Å². The van der Waals surface area contributed by atoms with Crippen molar-refractivity contribution in [2.45, 2.75) is 33.3 Å². The van der Waals surface area contributed by atoms with Crippen LogP contribution in [0.1, 0.15) is 31.9 Å². The van der Waals surface area contributed by atoms with Gasteiger partial charge in [0.15, 0.2) is 22.7 Å². The average Bonchev–Trinajstić information content (AvgIpc) is 2.78. The van der Waals surface area contributed by atoms with Crippen LogP contribution in [0, 0.1) is 0 Å². The first-order valence-corrected chi connectivity index (χ1v) is 10.8. The fourth-order valence-corrected chi connectivity index (χ4v) is 3.57. The molecule has 1 atom stereocenters. The van der Waals surface area contributed by atoms with Crippen LogP contribution in [-0.2, 0) is 20.8 Å². The maximum atomic E-state index is 13.3. The summed E-state index contributed by atoms with van der Waals surface area (Å²) in [7, 11) is 0. The maximum Gasteiger partial charge on any atom is 0.344 e. The molecule has 1 saturated heterocycles. The number of rotatable bonds is 8. The fraction of sp³-hybridized carbons (Fsp3) is 0.250. The number of carbonyl (C=O) groups excluding carboxylic acids is 2. The second-order valence-corrected chi connectivity index (χ2v) is 7.56.